The van der Waals surface area contributed by atoms with Crippen molar-refractivity contribution < 1.29 is 24.0 Å². The molecule has 2 saturated heterocycles. The minimum atomic E-state index is -1.03. The molecule has 2 aliphatic rings. The SMILES string of the molecule is CCC(CC)C(=O)NN1CCCCC1(CCCCB1OC(C)(C)C(C)(C)O1)C(=O)O. The smallest absolute Gasteiger partial charge is 0.457 e. The van der Waals surface area contributed by atoms with Crippen molar-refractivity contribution >= 4 is 19.0 Å². The monoisotopic (exact) mass is 424 g/mol. The van der Waals surface area contributed by atoms with Crippen molar-refractivity contribution in [3.63, 3.8) is 0 Å². The summed E-state index contributed by atoms with van der Waals surface area (Å²) >= 11 is 0. The topological polar surface area (TPSA) is 88.1 Å². The third-order valence-electron chi connectivity index (χ3n) is 7.32. The molecule has 1 amide bonds. The van der Waals surface area contributed by atoms with E-state index in [1.807, 2.05) is 41.5 Å². The van der Waals surface area contributed by atoms with Gasteiger partial charge in [0.2, 0.25) is 5.91 Å². The molecule has 0 aromatic carbocycles. The third kappa shape index (κ3) is 5.38. The quantitative estimate of drug-likeness (QED) is 0.407. The van der Waals surface area contributed by atoms with Crippen molar-refractivity contribution in [2.24, 2.45) is 5.92 Å². The number of amides is 1. The Balaban J connectivity index is 1.96. The fourth-order valence-corrected chi connectivity index (χ4v) is 4.48. The zero-order valence-electron chi connectivity index (χ0n) is 19.8. The molecule has 1 atom stereocenters. The standard InChI is InChI=1S/C22H41BN2O5/c1-7-17(8-2)18(26)24-25-16-12-10-14-22(25,19(27)28)13-9-11-15-23-29-20(3,4)21(5,6)30-23/h17H,7-16H2,1-6H3,(H,24,26)(H,27,28). The number of hydrogen-bond donors (Lipinski definition) is 2. The van der Waals surface area contributed by atoms with Crippen molar-refractivity contribution in [3.05, 3.63) is 0 Å². The molecule has 0 aliphatic carbocycles. The predicted molar refractivity (Wildman–Crippen MR) is 118 cm³/mol. The van der Waals surface area contributed by atoms with Gasteiger partial charge in [0.1, 0.15) is 5.54 Å². The molecule has 0 spiro atoms. The van der Waals surface area contributed by atoms with Crippen LogP contribution in [0.2, 0.25) is 6.32 Å². The fraction of sp³-hybridized carbons (Fsp3) is 0.909. The van der Waals surface area contributed by atoms with Gasteiger partial charge < -0.3 is 14.4 Å². The number of carbonyl (C=O) groups excluding carboxylic acids is 1. The molecule has 0 aromatic rings. The largest absolute Gasteiger partial charge is 0.480 e. The molecular weight excluding hydrogens is 383 g/mol. The number of carboxylic acid groups (broad SMARTS) is 1. The highest BCUT2D eigenvalue weighted by atomic mass is 16.7. The summed E-state index contributed by atoms with van der Waals surface area (Å²) in [5.41, 5.74) is 1.23. The average Bonchev–Trinajstić information content (AvgIpc) is 2.87. The number of rotatable bonds is 10. The van der Waals surface area contributed by atoms with E-state index in [2.05, 4.69) is 5.43 Å². The van der Waals surface area contributed by atoms with Crippen LogP contribution >= 0.6 is 0 Å². The number of nitrogens with one attached hydrogen (secondary N) is 1. The lowest BCUT2D eigenvalue weighted by Crippen LogP contribution is -2.64. The summed E-state index contributed by atoms with van der Waals surface area (Å²) in [7, 11) is -0.257. The molecule has 172 valence electrons. The Morgan fingerprint density at radius 3 is 2.20 bits per heavy atom. The molecule has 1 unspecified atom stereocenters. The van der Waals surface area contributed by atoms with Crippen LogP contribution in [0.5, 0.6) is 0 Å². The summed E-state index contributed by atoms with van der Waals surface area (Å²) in [6.45, 7) is 12.7. The molecule has 2 aliphatic heterocycles. The zero-order chi connectivity index (χ0) is 22.6. The van der Waals surface area contributed by atoms with Gasteiger partial charge in [-0.3, -0.25) is 15.0 Å². The van der Waals surface area contributed by atoms with Crippen LogP contribution in [-0.4, -0.2) is 52.4 Å². The Kier molecular flexibility index (Phi) is 8.39. The van der Waals surface area contributed by atoms with Crippen molar-refractivity contribution in [2.75, 3.05) is 6.54 Å². The maximum Gasteiger partial charge on any atom is 0.457 e. The Morgan fingerprint density at radius 1 is 1.07 bits per heavy atom. The minimum Gasteiger partial charge on any atom is -0.480 e. The van der Waals surface area contributed by atoms with Gasteiger partial charge in [0.25, 0.3) is 0 Å². The first-order valence-corrected chi connectivity index (χ1v) is 11.7. The van der Waals surface area contributed by atoms with Gasteiger partial charge in [0.15, 0.2) is 0 Å². The number of unbranched alkanes of at least 4 members (excludes halogenated alkanes) is 1. The second-order valence-electron chi connectivity index (χ2n) is 9.87. The normalized spacial score (nSPS) is 26.2. The van der Waals surface area contributed by atoms with E-state index in [-0.39, 0.29) is 30.1 Å². The van der Waals surface area contributed by atoms with Gasteiger partial charge in [-0.25, -0.2) is 5.01 Å². The highest BCUT2D eigenvalue weighted by Gasteiger charge is 2.51. The lowest BCUT2D eigenvalue weighted by molar-refractivity contribution is -0.161. The van der Waals surface area contributed by atoms with Gasteiger partial charge in [-0.05, 0) is 72.5 Å². The molecule has 0 bridgehead atoms. The fourth-order valence-electron chi connectivity index (χ4n) is 4.48. The zero-order valence-corrected chi connectivity index (χ0v) is 19.8. The molecule has 2 rings (SSSR count). The highest BCUT2D eigenvalue weighted by Crippen LogP contribution is 2.39. The van der Waals surface area contributed by atoms with Gasteiger partial charge in [0.05, 0.1) is 11.2 Å². The number of piperidine rings is 1. The van der Waals surface area contributed by atoms with E-state index in [9.17, 15) is 14.7 Å². The summed E-state index contributed by atoms with van der Waals surface area (Å²) < 4.78 is 12.1. The van der Waals surface area contributed by atoms with E-state index in [4.69, 9.17) is 9.31 Å². The Hall–Kier alpha value is -1.12. The number of aliphatic carboxylic acids is 1. The Labute approximate surface area is 182 Å². The molecule has 7 nitrogen and oxygen atoms in total. The van der Waals surface area contributed by atoms with Crippen molar-refractivity contribution in [1.82, 2.24) is 10.4 Å². The molecule has 8 heteroatoms. The van der Waals surface area contributed by atoms with Crippen LogP contribution in [0, 0.1) is 5.92 Å². The van der Waals surface area contributed by atoms with Crippen molar-refractivity contribution in [3.8, 4) is 0 Å². The lowest BCUT2D eigenvalue weighted by atomic mass is 9.79. The molecule has 0 saturated carbocycles. The van der Waals surface area contributed by atoms with Crippen LogP contribution in [0.1, 0.15) is 92.9 Å². The average molecular weight is 424 g/mol. The van der Waals surface area contributed by atoms with Crippen LogP contribution in [-0.2, 0) is 18.9 Å². The summed E-state index contributed by atoms with van der Waals surface area (Å²) in [4.78, 5) is 25.0. The second-order valence-corrected chi connectivity index (χ2v) is 9.87. The maximum absolute atomic E-state index is 12.6. The first-order valence-electron chi connectivity index (χ1n) is 11.7. The van der Waals surface area contributed by atoms with Crippen LogP contribution in [0.15, 0.2) is 0 Å². The van der Waals surface area contributed by atoms with Crippen LogP contribution < -0.4 is 5.43 Å². The maximum atomic E-state index is 12.6. The number of hydrogen-bond acceptors (Lipinski definition) is 5. The van der Waals surface area contributed by atoms with E-state index >= 15 is 0 Å². The first kappa shape index (κ1) is 25.1. The molecule has 0 radical (unpaired) electrons. The number of hydrazine groups is 1. The third-order valence-corrected chi connectivity index (χ3v) is 7.32. The predicted octanol–water partition coefficient (Wildman–Crippen LogP) is 4.03. The first-order chi connectivity index (χ1) is 14.0. The molecular formula is C22H41BN2O5. The van der Waals surface area contributed by atoms with Crippen LogP contribution in [0.25, 0.3) is 0 Å². The van der Waals surface area contributed by atoms with Gasteiger partial charge >= 0.3 is 13.1 Å². The van der Waals surface area contributed by atoms with E-state index in [0.29, 0.717) is 19.4 Å². The van der Waals surface area contributed by atoms with Crippen LogP contribution in [0.4, 0.5) is 0 Å². The summed E-state index contributed by atoms with van der Waals surface area (Å²) in [6, 6.07) is 0. The second kappa shape index (κ2) is 10.0. The Morgan fingerprint density at radius 2 is 1.67 bits per heavy atom. The molecule has 0 aromatic heterocycles. The van der Waals surface area contributed by atoms with Gasteiger partial charge in [0, 0.05) is 12.5 Å². The van der Waals surface area contributed by atoms with Gasteiger partial charge in [-0.2, -0.15) is 0 Å². The highest BCUT2D eigenvalue weighted by molar-refractivity contribution is 6.45. The van der Waals surface area contributed by atoms with E-state index < -0.39 is 11.5 Å². The van der Waals surface area contributed by atoms with Crippen molar-refractivity contribution in [1.29, 1.82) is 0 Å². The van der Waals surface area contributed by atoms with E-state index in [1.165, 1.54) is 0 Å². The summed E-state index contributed by atoms with van der Waals surface area (Å²) in [6.07, 6.45) is 6.63. The number of carbonyl (C=O) groups is 2. The Bertz CT molecular complexity index is 592. The van der Waals surface area contributed by atoms with E-state index in [1.54, 1.807) is 5.01 Å². The lowest BCUT2D eigenvalue weighted by Gasteiger charge is -2.44. The van der Waals surface area contributed by atoms with Crippen LogP contribution in [0.3, 0.4) is 0 Å². The number of nitrogens with zero attached hydrogens (tertiary/aromatic N) is 1. The van der Waals surface area contributed by atoms with Gasteiger partial charge in [-0.15, -0.1) is 0 Å². The summed E-state index contributed by atoms with van der Waals surface area (Å²) in [5.74, 6) is -0.991. The molecule has 2 N–H and O–H groups in total. The summed E-state index contributed by atoms with van der Waals surface area (Å²) in [5, 5.41) is 11.8. The minimum absolute atomic E-state index is 0.0651. The molecule has 2 fully saturated rings. The number of carboxylic acids is 1. The van der Waals surface area contributed by atoms with E-state index in [0.717, 1.165) is 44.8 Å². The van der Waals surface area contributed by atoms with Gasteiger partial charge in [-0.1, -0.05) is 26.7 Å². The van der Waals surface area contributed by atoms with Crippen molar-refractivity contribution in [2.45, 2.75) is 116 Å². The molecule has 30 heavy (non-hydrogen) atoms. The molecule has 2 heterocycles.